The third-order valence-corrected chi connectivity index (χ3v) is 13.6. The molecule has 0 spiro atoms. The first-order chi connectivity index (χ1) is 34.9. The third kappa shape index (κ3) is 9.60. The van der Waals surface area contributed by atoms with Crippen molar-refractivity contribution in [1.29, 1.82) is 10.5 Å². The van der Waals surface area contributed by atoms with Crippen molar-refractivity contribution in [2.45, 2.75) is 51.0 Å². The van der Waals surface area contributed by atoms with Gasteiger partial charge in [0.2, 0.25) is 0 Å². The van der Waals surface area contributed by atoms with Gasteiger partial charge >= 0.3 is 6.16 Å². The number of carbonyl (C=O) groups is 1. The van der Waals surface area contributed by atoms with Crippen molar-refractivity contribution in [1.82, 2.24) is 9.97 Å². The number of benzene rings is 6. The molecule has 2 fully saturated rings. The molecule has 0 bridgehead atoms. The highest BCUT2D eigenvalue weighted by Crippen LogP contribution is 2.43. The molecule has 11 nitrogen and oxygen atoms in total. The summed E-state index contributed by atoms with van der Waals surface area (Å²) < 4.78 is 70.0. The van der Waals surface area contributed by atoms with E-state index in [2.05, 4.69) is 21.9 Å². The van der Waals surface area contributed by atoms with Crippen LogP contribution < -0.4 is 21.3 Å². The van der Waals surface area contributed by atoms with Crippen LogP contribution in [-0.2, 0) is 22.7 Å². The van der Waals surface area contributed by atoms with Gasteiger partial charge in [0, 0.05) is 95.8 Å². The largest absolute Gasteiger partial charge is 0.508 e. The van der Waals surface area contributed by atoms with Gasteiger partial charge in [-0.3, -0.25) is 9.97 Å². The molecule has 10 rings (SSSR count). The zero-order chi connectivity index (χ0) is 50.0. The lowest BCUT2D eigenvalue weighted by molar-refractivity contribution is 0.0447. The van der Waals surface area contributed by atoms with E-state index in [1.54, 1.807) is 36.7 Å². The van der Waals surface area contributed by atoms with Crippen LogP contribution in [0, 0.1) is 45.9 Å². The number of nitriles is 2. The minimum absolute atomic E-state index is 0.0197. The van der Waals surface area contributed by atoms with E-state index in [4.69, 9.17) is 30.9 Å². The number of carbonyl (C=O) groups excluding carboxylic acids is 1. The summed E-state index contributed by atoms with van der Waals surface area (Å²) in [4.78, 5) is 27.3. The van der Waals surface area contributed by atoms with Crippen molar-refractivity contribution in [2.75, 3.05) is 36.0 Å². The molecule has 2 aliphatic heterocycles. The molecule has 0 unspecified atom stereocenters. The Kier molecular flexibility index (Phi) is 13.2. The molecule has 2 aromatic heterocycles. The molecule has 0 aliphatic carbocycles. The van der Waals surface area contributed by atoms with Gasteiger partial charge in [0.25, 0.3) is 0 Å². The molecule has 15 heteroatoms. The summed E-state index contributed by atoms with van der Waals surface area (Å²) in [6.07, 6.45) is 5.06. The van der Waals surface area contributed by atoms with Crippen LogP contribution >= 0.6 is 0 Å². The van der Waals surface area contributed by atoms with Crippen molar-refractivity contribution < 1.29 is 31.8 Å². The Labute approximate surface area is 412 Å². The zero-order valence-corrected chi connectivity index (χ0v) is 38.8. The molecule has 0 saturated carbocycles. The number of aromatic nitrogens is 2. The van der Waals surface area contributed by atoms with E-state index in [0.717, 1.165) is 23.5 Å². The first kappa shape index (κ1) is 47.3. The zero-order valence-electron chi connectivity index (χ0n) is 38.8. The van der Waals surface area contributed by atoms with Crippen molar-refractivity contribution in [3.63, 3.8) is 0 Å². The molecular formula is C57H46F4N8O3. The van der Waals surface area contributed by atoms with E-state index >= 15 is 0 Å². The SMILES string of the molecule is N#Cc1cccc(-c2ccc3ncc(-c4cc(F)cc(F)c4)c(N4CCC(N)CC4)c3c2)c1COC(=O)OCc1c(C#N)cccc1-c1ccc2ncc(-c3cc(F)cc(F)c3)c(N3CCC(N)CC3)c2c1. The molecule has 0 radical (unpaired) electrons. The number of halogens is 4. The minimum Gasteiger partial charge on any atom is -0.429 e. The number of hydrogen-bond acceptors (Lipinski definition) is 11. The molecule has 0 amide bonds. The summed E-state index contributed by atoms with van der Waals surface area (Å²) in [7, 11) is 0. The average Bonchev–Trinajstić information content (AvgIpc) is 3.38. The number of hydrogen-bond donors (Lipinski definition) is 2. The molecule has 360 valence electrons. The number of anilines is 2. The Balaban J connectivity index is 0.953. The highest BCUT2D eigenvalue weighted by atomic mass is 19.1. The van der Waals surface area contributed by atoms with Gasteiger partial charge in [-0.15, -0.1) is 0 Å². The van der Waals surface area contributed by atoms with Crippen LogP contribution in [0.2, 0.25) is 0 Å². The van der Waals surface area contributed by atoms with Crippen molar-refractivity contribution >= 4 is 39.3 Å². The quantitative estimate of drug-likeness (QED) is 0.0989. The Morgan fingerprint density at radius 2 is 0.931 bits per heavy atom. The summed E-state index contributed by atoms with van der Waals surface area (Å²) in [5, 5.41) is 22.0. The number of nitrogens with two attached hydrogens (primary N) is 2. The van der Waals surface area contributed by atoms with Crippen LogP contribution in [0.15, 0.2) is 122 Å². The van der Waals surface area contributed by atoms with E-state index in [1.165, 1.54) is 24.3 Å². The third-order valence-electron chi connectivity index (χ3n) is 13.6. The van der Waals surface area contributed by atoms with Crippen LogP contribution in [-0.4, -0.2) is 54.4 Å². The first-order valence-corrected chi connectivity index (χ1v) is 23.6. The smallest absolute Gasteiger partial charge is 0.429 e. The van der Waals surface area contributed by atoms with Gasteiger partial charge < -0.3 is 30.7 Å². The van der Waals surface area contributed by atoms with Crippen LogP contribution in [0.25, 0.3) is 66.3 Å². The van der Waals surface area contributed by atoms with Crippen LogP contribution in [0.4, 0.5) is 33.7 Å². The first-order valence-electron chi connectivity index (χ1n) is 23.6. The standard InChI is InChI=1S/C57H46F4N8O3/c58-39-19-37(20-40(59)25-39)49-29-66-53-9-7-33(23-47(53)55(49)68-15-11-43(64)12-16-68)45-5-1-3-35(27-62)51(45)31-71-57(70)72-32-52-36(28-63)4-2-6-46(52)34-8-10-54-48(24-34)56(69-17-13-44(65)14-18-69)50(30-67-54)38-21-41(60)26-42(61)22-38/h1-10,19-26,29-30,43-44H,11-18,31-32,64-65H2. The number of pyridine rings is 2. The molecule has 6 aromatic carbocycles. The van der Waals surface area contributed by atoms with Gasteiger partial charge in [-0.1, -0.05) is 36.4 Å². The van der Waals surface area contributed by atoms with Gasteiger partial charge in [0.1, 0.15) is 36.5 Å². The van der Waals surface area contributed by atoms with Crippen LogP contribution in [0.3, 0.4) is 0 Å². The van der Waals surface area contributed by atoms with Gasteiger partial charge in [-0.25, -0.2) is 22.4 Å². The summed E-state index contributed by atoms with van der Waals surface area (Å²) >= 11 is 0. The maximum Gasteiger partial charge on any atom is 0.508 e. The molecule has 4 N–H and O–H groups in total. The lowest BCUT2D eigenvalue weighted by Gasteiger charge is -2.34. The summed E-state index contributed by atoms with van der Waals surface area (Å²) in [6.45, 7) is 1.74. The second-order valence-electron chi connectivity index (χ2n) is 18.2. The van der Waals surface area contributed by atoms with Crippen molar-refractivity contribution in [3.05, 3.63) is 167 Å². The Morgan fingerprint density at radius 1 is 0.542 bits per heavy atom. The average molecular weight is 967 g/mol. The van der Waals surface area contributed by atoms with Gasteiger partial charge in [0.05, 0.1) is 45.7 Å². The molecular weight excluding hydrogens is 921 g/mol. The number of nitrogens with zero attached hydrogens (tertiary/aromatic N) is 6. The molecule has 0 atom stereocenters. The predicted molar refractivity (Wildman–Crippen MR) is 268 cm³/mol. The van der Waals surface area contributed by atoms with Gasteiger partial charge in [-0.05, 0) is 120 Å². The molecule has 2 aliphatic rings. The van der Waals surface area contributed by atoms with Crippen molar-refractivity contribution in [2.24, 2.45) is 11.5 Å². The number of rotatable bonds is 10. The Bertz CT molecular complexity index is 3240. The van der Waals surface area contributed by atoms with Crippen LogP contribution in [0.5, 0.6) is 0 Å². The van der Waals surface area contributed by atoms with Gasteiger partial charge in [-0.2, -0.15) is 10.5 Å². The molecule has 2 saturated heterocycles. The normalized spacial score (nSPS) is 14.3. The minimum atomic E-state index is -1.05. The van der Waals surface area contributed by atoms with E-state index in [1.807, 2.05) is 48.5 Å². The highest BCUT2D eigenvalue weighted by molar-refractivity contribution is 6.03. The second kappa shape index (κ2) is 20.2. The fourth-order valence-corrected chi connectivity index (χ4v) is 10.00. The predicted octanol–water partition coefficient (Wildman–Crippen LogP) is 11.5. The highest BCUT2D eigenvalue weighted by Gasteiger charge is 2.26. The van der Waals surface area contributed by atoms with Gasteiger partial charge in [0.15, 0.2) is 0 Å². The lowest BCUT2D eigenvalue weighted by atomic mass is 9.93. The molecule has 8 aromatic rings. The summed E-state index contributed by atoms with van der Waals surface area (Å²) in [5.74, 6) is -2.87. The van der Waals surface area contributed by atoms with E-state index in [9.17, 15) is 32.9 Å². The fourth-order valence-electron chi connectivity index (χ4n) is 10.00. The number of ether oxygens (including phenoxy) is 2. The van der Waals surface area contributed by atoms with Crippen molar-refractivity contribution in [3.8, 4) is 56.6 Å². The lowest BCUT2D eigenvalue weighted by Crippen LogP contribution is -2.40. The molecule has 72 heavy (non-hydrogen) atoms. The van der Waals surface area contributed by atoms with E-state index in [0.29, 0.717) is 129 Å². The summed E-state index contributed by atoms with van der Waals surface area (Å²) in [5.41, 5.74) is 21.0. The van der Waals surface area contributed by atoms with E-state index < -0.39 is 29.4 Å². The van der Waals surface area contributed by atoms with E-state index in [-0.39, 0.29) is 36.4 Å². The summed E-state index contributed by atoms with van der Waals surface area (Å²) in [6, 6.07) is 32.7. The topological polar surface area (TPSA) is 167 Å². The number of piperidine rings is 2. The second-order valence-corrected chi connectivity index (χ2v) is 18.2. The Hall–Kier alpha value is -8.37. The maximum atomic E-state index is 14.6. The number of fused-ring (bicyclic) bond motifs is 2. The Morgan fingerprint density at radius 3 is 1.31 bits per heavy atom. The molecule has 4 heterocycles. The van der Waals surface area contributed by atoms with Crippen LogP contribution in [0.1, 0.15) is 47.9 Å². The fraction of sp³-hybridized carbons (Fsp3) is 0.211. The monoisotopic (exact) mass is 966 g/mol. The maximum absolute atomic E-state index is 14.6.